The number of aliphatic imine (C=N–C) groups is 1. The molecule has 3 heteroatoms. The summed E-state index contributed by atoms with van der Waals surface area (Å²) in [5, 5.41) is 0. The van der Waals surface area contributed by atoms with Gasteiger partial charge in [-0.1, -0.05) is 20.8 Å². The number of rotatable bonds is 0. The summed E-state index contributed by atoms with van der Waals surface area (Å²) in [6, 6.07) is 0. The van der Waals surface area contributed by atoms with Gasteiger partial charge >= 0.3 is 0 Å². The predicted molar refractivity (Wildman–Crippen MR) is 53.8 cm³/mol. The van der Waals surface area contributed by atoms with E-state index in [2.05, 4.69) is 25.8 Å². The molecule has 0 unspecified atom stereocenters. The summed E-state index contributed by atoms with van der Waals surface area (Å²) in [5.41, 5.74) is -0.0217. The molecule has 0 fully saturated rings. The number of amides is 1. The summed E-state index contributed by atoms with van der Waals surface area (Å²) in [6.45, 7) is 9.56. The molecule has 1 heterocycles. The van der Waals surface area contributed by atoms with E-state index in [9.17, 15) is 4.79 Å². The van der Waals surface area contributed by atoms with E-state index in [-0.39, 0.29) is 11.3 Å². The number of hydrogen-bond donors (Lipinski definition) is 0. The molecule has 1 rings (SSSR count). The Morgan fingerprint density at radius 2 is 2.08 bits per heavy atom. The van der Waals surface area contributed by atoms with Crippen molar-refractivity contribution >= 4 is 11.7 Å². The van der Waals surface area contributed by atoms with Gasteiger partial charge in [0.15, 0.2) is 0 Å². The monoisotopic (exact) mass is 182 g/mol. The number of hydrogen-bond acceptors (Lipinski definition) is 2. The van der Waals surface area contributed by atoms with Gasteiger partial charge in [0.2, 0.25) is 5.91 Å². The lowest BCUT2D eigenvalue weighted by Gasteiger charge is -2.34. The molecule has 0 saturated carbocycles. The van der Waals surface area contributed by atoms with Crippen LogP contribution in [-0.2, 0) is 4.79 Å². The highest BCUT2D eigenvalue weighted by molar-refractivity contribution is 6.00. The summed E-state index contributed by atoms with van der Waals surface area (Å²) in [5.74, 6) is 1.04. The normalized spacial score (nSPS) is 18.5. The van der Waals surface area contributed by atoms with Crippen molar-refractivity contribution in [1.29, 1.82) is 0 Å². The zero-order chi connectivity index (χ0) is 10.1. The Bertz CT molecular complexity index is 238. The minimum atomic E-state index is -0.0217. The van der Waals surface area contributed by atoms with Crippen LogP contribution in [0.3, 0.4) is 0 Å². The van der Waals surface area contributed by atoms with Crippen LogP contribution in [0.5, 0.6) is 0 Å². The average molecular weight is 182 g/mol. The van der Waals surface area contributed by atoms with Crippen molar-refractivity contribution in [2.75, 3.05) is 13.1 Å². The molecule has 0 bridgehead atoms. The molecule has 1 aliphatic rings. The Labute approximate surface area is 79.8 Å². The second kappa shape index (κ2) is 3.48. The van der Waals surface area contributed by atoms with E-state index in [0.29, 0.717) is 0 Å². The van der Waals surface area contributed by atoms with Gasteiger partial charge in [-0.15, -0.1) is 0 Å². The quantitative estimate of drug-likeness (QED) is 0.561. The maximum Gasteiger partial charge on any atom is 0.224 e. The third-order valence-corrected chi connectivity index (χ3v) is 2.11. The van der Waals surface area contributed by atoms with Gasteiger partial charge in [0.05, 0.1) is 0 Å². The second-order valence-corrected chi connectivity index (χ2v) is 4.48. The highest BCUT2D eigenvalue weighted by Crippen LogP contribution is 2.21. The van der Waals surface area contributed by atoms with Crippen molar-refractivity contribution in [3.63, 3.8) is 0 Å². The topological polar surface area (TPSA) is 32.7 Å². The standard InChI is InChI=1S/C10H18N2O/c1-8(13)12-7-5-6-11-9(12)10(2,3)4/h5-7H2,1-4H3. The van der Waals surface area contributed by atoms with Gasteiger partial charge in [-0.2, -0.15) is 0 Å². The molecule has 1 aliphatic heterocycles. The van der Waals surface area contributed by atoms with Gasteiger partial charge in [0.25, 0.3) is 0 Å². The Balaban J connectivity index is 2.91. The SMILES string of the molecule is CC(=O)N1CCCN=C1C(C)(C)C. The fourth-order valence-corrected chi connectivity index (χ4v) is 1.55. The number of amidine groups is 1. The highest BCUT2D eigenvalue weighted by atomic mass is 16.2. The summed E-state index contributed by atoms with van der Waals surface area (Å²) in [6.07, 6.45) is 0.985. The lowest BCUT2D eigenvalue weighted by Crippen LogP contribution is -2.45. The fourth-order valence-electron chi connectivity index (χ4n) is 1.55. The lowest BCUT2D eigenvalue weighted by atomic mass is 9.93. The van der Waals surface area contributed by atoms with E-state index in [1.807, 2.05) is 0 Å². The molecule has 0 saturated heterocycles. The number of carbonyl (C=O) groups is 1. The molecule has 0 aromatic carbocycles. The smallest absolute Gasteiger partial charge is 0.224 e. The third kappa shape index (κ3) is 2.29. The summed E-state index contributed by atoms with van der Waals surface area (Å²) >= 11 is 0. The molecule has 0 N–H and O–H groups in total. The number of carbonyl (C=O) groups excluding carboxylic acids is 1. The van der Waals surface area contributed by atoms with Crippen molar-refractivity contribution in [3.8, 4) is 0 Å². The van der Waals surface area contributed by atoms with Crippen molar-refractivity contribution in [2.45, 2.75) is 34.1 Å². The Kier molecular flexibility index (Phi) is 2.74. The largest absolute Gasteiger partial charge is 0.300 e. The summed E-state index contributed by atoms with van der Waals surface area (Å²) in [4.78, 5) is 17.5. The van der Waals surface area contributed by atoms with Crippen molar-refractivity contribution in [3.05, 3.63) is 0 Å². The Morgan fingerprint density at radius 1 is 1.46 bits per heavy atom. The zero-order valence-electron chi connectivity index (χ0n) is 8.92. The van der Waals surface area contributed by atoms with Crippen LogP contribution in [0.4, 0.5) is 0 Å². The number of nitrogens with zero attached hydrogens (tertiary/aromatic N) is 2. The van der Waals surface area contributed by atoms with E-state index in [1.165, 1.54) is 0 Å². The first-order chi connectivity index (χ1) is 5.93. The van der Waals surface area contributed by atoms with E-state index < -0.39 is 0 Å². The minimum Gasteiger partial charge on any atom is -0.300 e. The fraction of sp³-hybridized carbons (Fsp3) is 0.800. The van der Waals surface area contributed by atoms with Crippen LogP contribution < -0.4 is 0 Å². The van der Waals surface area contributed by atoms with Gasteiger partial charge < -0.3 is 4.90 Å². The maximum atomic E-state index is 11.3. The highest BCUT2D eigenvalue weighted by Gasteiger charge is 2.28. The van der Waals surface area contributed by atoms with Gasteiger partial charge in [-0.3, -0.25) is 9.79 Å². The van der Waals surface area contributed by atoms with Crippen LogP contribution in [-0.4, -0.2) is 29.7 Å². The Morgan fingerprint density at radius 3 is 2.46 bits per heavy atom. The van der Waals surface area contributed by atoms with Gasteiger partial charge in [0.1, 0.15) is 5.84 Å². The molecule has 1 amide bonds. The van der Waals surface area contributed by atoms with Crippen LogP contribution in [0.2, 0.25) is 0 Å². The maximum absolute atomic E-state index is 11.3. The van der Waals surface area contributed by atoms with Crippen LogP contribution in [0.25, 0.3) is 0 Å². The van der Waals surface area contributed by atoms with Crippen LogP contribution in [0, 0.1) is 5.41 Å². The first-order valence-electron chi connectivity index (χ1n) is 4.76. The molecule has 74 valence electrons. The molecular weight excluding hydrogens is 164 g/mol. The second-order valence-electron chi connectivity index (χ2n) is 4.48. The molecule has 0 aliphatic carbocycles. The molecule has 3 nitrogen and oxygen atoms in total. The van der Waals surface area contributed by atoms with E-state index >= 15 is 0 Å². The molecule has 0 aromatic rings. The van der Waals surface area contributed by atoms with Gasteiger partial charge in [0, 0.05) is 25.4 Å². The van der Waals surface area contributed by atoms with Gasteiger partial charge in [-0.05, 0) is 6.42 Å². The first-order valence-corrected chi connectivity index (χ1v) is 4.76. The summed E-state index contributed by atoms with van der Waals surface area (Å²) in [7, 11) is 0. The zero-order valence-corrected chi connectivity index (χ0v) is 8.92. The lowest BCUT2D eigenvalue weighted by molar-refractivity contribution is -0.125. The molecule has 0 spiro atoms. The van der Waals surface area contributed by atoms with E-state index in [0.717, 1.165) is 25.3 Å². The average Bonchev–Trinajstić information content (AvgIpc) is 2.03. The Hall–Kier alpha value is -0.860. The van der Waals surface area contributed by atoms with Crippen LogP contribution in [0.15, 0.2) is 4.99 Å². The van der Waals surface area contributed by atoms with E-state index in [4.69, 9.17) is 0 Å². The third-order valence-electron chi connectivity index (χ3n) is 2.11. The first kappa shape index (κ1) is 10.2. The molecule has 0 atom stereocenters. The van der Waals surface area contributed by atoms with Crippen molar-refractivity contribution in [1.82, 2.24) is 4.90 Å². The summed E-state index contributed by atoms with van der Waals surface area (Å²) < 4.78 is 0. The van der Waals surface area contributed by atoms with E-state index in [1.54, 1.807) is 11.8 Å². The van der Waals surface area contributed by atoms with Crippen LogP contribution in [0.1, 0.15) is 34.1 Å². The minimum absolute atomic E-state index is 0.0217. The predicted octanol–water partition coefficient (Wildman–Crippen LogP) is 1.68. The molecular formula is C10H18N2O. The van der Waals surface area contributed by atoms with Crippen molar-refractivity contribution < 1.29 is 4.79 Å². The molecule has 0 aromatic heterocycles. The molecule has 0 radical (unpaired) electrons. The van der Waals surface area contributed by atoms with Crippen molar-refractivity contribution in [2.24, 2.45) is 10.4 Å². The van der Waals surface area contributed by atoms with Gasteiger partial charge in [-0.25, -0.2) is 0 Å². The van der Waals surface area contributed by atoms with Crippen LogP contribution >= 0.6 is 0 Å². The molecule has 13 heavy (non-hydrogen) atoms.